The van der Waals surface area contributed by atoms with Crippen LogP contribution in [0.1, 0.15) is 63.8 Å². The molecule has 2 aromatic carbocycles. The summed E-state index contributed by atoms with van der Waals surface area (Å²) in [6, 6.07) is 12.7. The first-order valence-corrected chi connectivity index (χ1v) is 13.6. The van der Waals surface area contributed by atoms with Gasteiger partial charge in [-0.15, -0.1) is 6.58 Å². The third kappa shape index (κ3) is 6.73. The summed E-state index contributed by atoms with van der Waals surface area (Å²) < 4.78 is 6.57. The van der Waals surface area contributed by atoms with E-state index in [1.54, 1.807) is 12.1 Å². The Kier molecular flexibility index (Phi) is 9.44. The molecule has 4 unspecified atom stereocenters. The minimum atomic E-state index is -0.627. The highest BCUT2D eigenvalue weighted by molar-refractivity contribution is 8.00. The van der Waals surface area contributed by atoms with Crippen LogP contribution in [0.4, 0.5) is 0 Å². The molecule has 184 valence electrons. The summed E-state index contributed by atoms with van der Waals surface area (Å²) in [5.41, 5.74) is 1.79. The molecule has 1 saturated heterocycles. The zero-order valence-electron chi connectivity index (χ0n) is 20.1. The predicted octanol–water partition coefficient (Wildman–Crippen LogP) is 8.54. The third-order valence-electron chi connectivity index (χ3n) is 5.81. The quantitative estimate of drug-likeness (QED) is 0.314. The monoisotopic (exact) mass is 539 g/mol. The lowest BCUT2D eigenvalue weighted by atomic mass is 9.89. The molecule has 0 bridgehead atoms. The zero-order valence-corrected chi connectivity index (χ0v) is 23.1. The molecule has 1 amide bonds. The van der Waals surface area contributed by atoms with Gasteiger partial charge in [0.1, 0.15) is 12.2 Å². The van der Waals surface area contributed by atoms with Crippen LogP contribution in [0.2, 0.25) is 15.1 Å². The maximum atomic E-state index is 13.9. The molecular formula is C27H32Cl3NO2S. The Balaban J connectivity index is 2.16. The number of nitrogens with zero attached hydrogens (tertiary/aromatic N) is 1. The molecule has 7 heteroatoms. The molecule has 1 aliphatic heterocycles. The Morgan fingerprint density at radius 1 is 1.06 bits per heavy atom. The molecule has 1 aliphatic rings. The van der Waals surface area contributed by atoms with Crippen molar-refractivity contribution in [2.45, 2.75) is 69.6 Å². The van der Waals surface area contributed by atoms with Gasteiger partial charge in [-0.25, -0.2) is 0 Å². The molecule has 3 rings (SSSR count). The highest BCUT2D eigenvalue weighted by Crippen LogP contribution is 2.46. The largest absolute Gasteiger partial charge is 0.358 e. The summed E-state index contributed by atoms with van der Waals surface area (Å²) in [7, 11) is 0. The number of thioether (sulfide) groups is 1. The van der Waals surface area contributed by atoms with E-state index < -0.39 is 12.2 Å². The molecule has 4 atom stereocenters. The maximum absolute atomic E-state index is 13.9. The van der Waals surface area contributed by atoms with Gasteiger partial charge in [0.2, 0.25) is 0 Å². The van der Waals surface area contributed by atoms with Crippen LogP contribution in [-0.4, -0.2) is 33.5 Å². The first-order valence-electron chi connectivity index (χ1n) is 11.5. The normalized spacial score (nSPS) is 22.0. The molecule has 0 saturated carbocycles. The van der Waals surface area contributed by atoms with Crippen molar-refractivity contribution in [1.29, 1.82) is 0 Å². The van der Waals surface area contributed by atoms with E-state index in [1.807, 2.05) is 53.1 Å². The number of hydrogen-bond acceptors (Lipinski definition) is 3. The highest BCUT2D eigenvalue weighted by atomic mass is 35.5. The summed E-state index contributed by atoms with van der Waals surface area (Å²) >= 11 is 20.8. The van der Waals surface area contributed by atoms with Crippen molar-refractivity contribution in [3.8, 4) is 0 Å². The van der Waals surface area contributed by atoms with Gasteiger partial charge in [-0.05, 0) is 47.9 Å². The SMILES string of the molecule is C=CCC1OC(c2cc(Cl)cc(Cl)c2)C(c2ccc(Cl)cc2)N(C(CC)CSC(C)(C)C)C1=O. The molecule has 34 heavy (non-hydrogen) atoms. The number of morpholine rings is 1. The van der Waals surface area contributed by atoms with Gasteiger partial charge in [0, 0.05) is 38.0 Å². The number of halogens is 3. The van der Waals surface area contributed by atoms with Crippen molar-refractivity contribution in [3.05, 3.63) is 81.3 Å². The first kappa shape index (κ1) is 27.4. The number of carbonyl (C=O) groups excluding carboxylic acids is 1. The number of ether oxygens (including phenoxy) is 1. The van der Waals surface area contributed by atoms with Gasteiger partial charge < -0.3 is 9.64 Å². The Bertz CT molecular complexity index is 986. The van der Waals surface area contributed by atoms with E-state index in [9.17, 15) is 4.79 Å². The summed E-state index contributed by atoms with van der Waals surface area (Å²) in [5.74, 6) is 0.797. The molecular weight excluding hydrogens is 509 g/mol. The van der Waals surface area contributed by atoms with E-state index in [0.717, 1.165) is 23.3 Å². The van der Waals surface area contributed by atoms with Gasteiger partial charge in [0.15, 0.2) is 0 Å². The summed E-state index contributed by atoms with van der Waals surface area (Å²) in [5, 5.41) is 1.69. The fourth-order valence-electron chi connectivity index (χ4n) is 4.21. The molecule has 1 heterocycles. The molecule has 3 nitrogen and oxygen atoms in total. The predicted molar refractivity (Wildman–Crippen MR) is 146 cm³/mol. The van der Waals surface area contributed by atoms with E-state index in [-0.39, 0.29) is 22.7 Å². The first-order chi connectivity index (χ1) is 16.0. The van der Waals surface area contributed by atoms with Crippen molar-refractivity contribution < 1.29 is 9.53 Å². The molecule has 0 radical (unpaired) electrons. The summed E-state index contributed by atoms with van der Waals surface area (Å²) in [6.07, 6.45) is 1.90. The van der Waals surface area contributed by atoms with Crippen LogP contribution in [-0.2, 0) is 9.53 Å². The van der Waals surface area contributed by atoms with Crippen LogP contribution in [0.25, 0.3) is 0 Å². The number of amides is 1. The fraction of sp³-hybridized carbons (Fsp3) is 0.444. The topological polar surface area (TPSA) is 29.5 Å². The van der Waals surface area contributed by atoms with Crippen molar-refractivity contribution in [2.24, 2.45) is 0 Å². The summed E-state index contributed by atoms with van der Waals surface area (Å²) in [6.45, 7) is 12.6. The molecule has 2 aromatic rings. The van der Waals surface area contributed by atoms with Crippen LogP contribution < -0.4 is 0 Å². The minimum absolute atomic E-state index is 0.0192. The standard InChI is InChI=1S/C27H32Cl3NO2S/c1-6-8-23-26(32)31(22(7-2)16-34-27(3,4)5)24(17-9-11-19(28)12-10-17)25(33-23)18-13-20(29)15-21(30)14-18/h6,9-15,22-25H,1,7-8,16H2,2-5H3. The lowest BCUT2D eigenvalue weighted by molar-refractivity contribution is -0.178. The molecule has 0 N–H and O–H groups in total. The Morgan fingerprint density at radius 2 is 1.68 bits per heavy atom. The van der Waals surface area contributed by atoms with Gasteiger partial charge in [0.25, 0.3) is 5.91 Å². The van der Waals surface area contributed by atoms with Crippen LogP contribution in [0.15, 0.2) is 55.1 Å². The van der Waals surface area contributed by atoms with Crippen LogP contribution in [0.3, 0.4) is 0 Å². The lowest BCUT2D eigenvalue weighted by Gasteiger charge is -2.48. The van der Waals surface area contributed by atoms with Gasteiger partial charge in [-0.1, -0.05) is 80.7 Å². The summed E-state index contributed by atoms with van der Waals surface area (Å²) in [4.78, 5) is 15.9. The number of hydrogen-bond donors (Lipinski definition) is 0. The third-order valence-corrected chi connectivity index (χ3v) is 7.91. The second-order valence-corrected chi connectivity index (χ2v) is 12.7. The van der Waals surface area contributed by atoms with Gasteiger partial charge in [0.05, 0.1) is 6.04 Å². The number of benzene rings is 2. The van der Waals surface area contributed by atoms with Crippen LogP contribution in [0, 0.1) is 0 Å². The van der Waals surface area contributed by atoms with Crippen molar-refractivity contribution in [1.82, 2.24) is 4.90 Å². The molecule has 0 aromatic heterocycles. The smallest absolute Gasteiger partial charge is 0.252 e. The van der Waals surface area contributed by atoms with Crippen molar-refractivity contribution >= 4 is 52.5 Å². The van der Waals surface area contributed by atoms with Gasteiger partial charge >= 0.3 is 0 Å². The fourth-order valence-corrected chi connectivity index (χ4v) is 5.97. The van der Waals surface area contributed by atoms with Gasteiger partial charge in [-0.2, -0.15) is 11.8 Å². The molecule has 0 spiro atoms. The average molecular weight is 541 g/mol. The number of rotatable bonds is 8. The van der Waals surface area contributed by atoms with E-state index in [4.69, 9.17) is 39.5 Å². The Labute approximate surface area is 222 Å². The molecule has 0 aliphatic carbocycles. The van der Waals surface area contributed by atoms with Crippen LogP contribution in [0.5, 0.6) is 0 Å². The van der Waals surface area contributed by atoms with Crippen LogP contribution >= 0.6 is 46.6 Å². The minimum Gasteiger partial charge on any atom is -0.358 e. The average Bonchev–Trinajstić information content (AvgIpc) is 2.75. The lowest BCUT2D eigenvalue weighted by Crippen LogP contribution is -2.55. The Hall–Kier alpha value is -1.17. The molecule has 1 fully saturated rings. The van der Waals surface area contributed by atoms with E-state index in [1.165, 1.54) is 0 Å². The van der Waals surface area contributed by atoms with E-state index >= 15 is 0 Å². The van der Waals surface area contributed by atoms with Crippen molar-refractivity contribution in [3.63, 3.8) is 0 Å². The van der Waals surface area contributed by atoms with Crippen molar-refractivity contribution in [2.75, 3.05) is 5.75 Å². The second-order valence-electron chi connectivity index (χ2n) is 9.50. The highest BCUT2D eigenvalue weighted by Gasteiger charge is 2.46. The van der Waals surface area contributed by atoms with E-state index in [0.29, 0.717) is 21.5 Å². The number of carbonyl (C=O) groups is 1. The zero-order chi connectivity index (χ0) is 25.0. The van der Waals surface area contributed by atoms with E-state index in [2.05, 4.69) is 34.3 Å². The Morgan fingerprint density at radius 3 is 2.21 bits per heavy atom. The second kappa shape index (κ2) is 11.7. The maximum Gasteiger partial charge on any atom is 0.252 e. The van der Waals surface area contributed by atoms with Gasteiger partial charge in [-0.3, -0.25) is 4.79 Å².